The standard InChI is InChI=1S/C20H25N3O7/c1-3-29-18(25)16-12-30-20(27)23(16)13-8-10-22(11-9-13)19(26)21-15-7-5-4-6-14(15)17(24)28-2/h4-7,13,16H,3,8-12H2,1-2H3,(H,21,26). The summed E-state index contributed by atoms with van der Waals surface area (Å²) < 4.78 is 14.8. The maximum Gasteiger partial charge on any atom is 0.410 e. The molecule has 30 heavy (non-hydrogen) atoms. The van der Waals surface area contributed by atoms with Gasteiger partial charge in [-0.05, 0) is 31.9 Å². The molecule has 0 saturated carbocycles. The number of carbonyl (C=O) groups excluding carboxylic acids is 4. The number of methoxy groups -OCH3 is 1. The summed E-state index contributed by atoms with van der Waals surface area (Å²) >= 11 is 0. The van der Waals surface area contributed by atoms with Gasteiger partial charge in [-0.15, -0.1) is 0 Å². The summed E-state index contributed by atoms with van der Waals surface area (Å²) in [6, 6.07) is 5.26. The smallest absolute Gasteiger partial charge is 0.410 e. The molecule has 2 heterocycles. The summed E-state index contributed by atoms with van der Waals surface area (Å²) in [7, 11) is 1.28. The van der Waals surface area contributed by atoms with Crippen LogP contribution < -0.4 is 5.32 Å². The first-order valence-electron chi connectivity index (χ1n) is 9.81. The number of nitrogens with zero attached hydrogens (tertiary/aromatic N) is 2. The van der Waals surface area contributed by atoms with E-state index in [0.717, 1.165) is 0 Å². The number of urea groups is 1. The molecule has 1 aromatic rings. The van der Waals surface area contributed by atoms with Crippen molar-refractivity contribution in [1.29, 1.82) is 0 Å². The average Bonchev–Trinajstić information content (AvgIpc) is 3.15. The fourth-order valence-electron chi connectivity index (χ4n) is 3.68. The third kappa shape index (κ3) is 4.47. The molecule has 2 fully saturated rings. The lowest BCUT2D eigenvalue weighted by molar-refractivity contribution is -0.148. The number of nitrogens with one attached hydrogen (secondary N) is 1. The van der Waals surface area contributed by atoms with E-state index in [-0.39, 0.29) is 30.9 Å². The average molecular weight is 419 g/mol. The van der Waals surface area contributed by atoms with E-state index >= 15 is 0 Å². The Morgan fingerprint density at radius 2 is 1.90 bits per heavy atom. The molecule has 0 bridgehead atoms. The second kappa shape index (κ2) is 9.47. The number of cyclic esters (lactones) is 1. The molecule has 0 spiro atoms. The lowest BCUT2D eigenvalue weighted by atomic mass is 10.0. The molecule has 1 unspecified atom stereocenters. The van der Waals surface area contributed by atoms with Crippen LogP contribution in [0.5, 0.6) is 0 Å². The fourth-order valence-corrected chi connectivity index (χ4v) is 3.68. The minimum atomic E-state index is -0.755. The highest BCUT2D eigenvalue weighted by atomic mass is 16.6. The number of para-hydroxylation sites is 1. The number of amides is 3. The first kappa shape index (κ1) is 21.4. The molecule has 2 aliphatic rings. The molecule has 2 saturated heterocycles. The van der Waals surface area contributed by atoms with Crippen molar-refractivity contribution in [2.24, 2.45) is 0 Å². The Kier molecular flexibility index (Phi) is 6.76. The molecule has 0 aromatic heterocycles. The third-order valence-electron chi connectivity index (χ3n) is 5.19. The van der Waals surface area contributed by atoms with Crippen LogP contribution in [0.3, 0.4) is 0 Å². The predicted octanol–water partition coefficient (Wildman–Crippen LogP) is 1.85. The maximum absolute atomic E-state index is 12.7. The monoisotopic (exact) mass is 419 g/mol. The molecular weight excluding hydrogens is 394 g/mol. The second-order valence-corrected chi connectivity index (χ2v) is 6.94. The van der Waals surface area contributed by atoms with Gasteiger partial charge in [-0.1, -0.05) is 12.1 Å². The molecule has 1 atom stereocenters. The zero-order valence-corrected chi connectivity index (χ0v) is 17.0. The van der Waals surface area contributed by atoms with Gasteiger partial charge in [-0.2, -0.15) is 0 Å². The SMILES string of the molecule is CCOC(=O)C1COC(=O)N1C1CCN(C(=O)Nc2ccccc2C(=O)OC)CC1. The number of esters is 2. The van der Waals surface area contributed by atoms with E-state index in [4.69, 9.17) is 14.2 Å². The van der Waals surface area contributed by atoms with Crippen LogP contribution >= 0.6 is 0 Å². The summed E-state index contributed by atoms with van der Waals surface area (Å²) in [5.41, 5.74) is 0.627. The van der Waals surface area contributed by atoms with Crippen molar-refractivity contribution in [1.82, 2.24) is 9.80 Å². The van der Waals surface area contributed by atoms with Crippen LogP contribution in [0.1, 0.15) is 30.1 Å². The van der Waals surface area contributed by atoms with Crippen LogP contribution in [-0.4, -0.2) is 79.4 Å². The zero-order valence-electron chi connectivity index (χ0n) is 17.0. The van der Waals surface area contributed by atoms with Gasteiger partial charge >= 0.3 is 24.1 Å². The van der Waals surface area contributed by atoms with Gasteiger partial charge < -0.3 is 24.4 Å². The topological polar surface area (TPSA) is 114 Å². The van der Waals surface area contributed by atoms with E-state index in [2.05, 4.69) is 5.32 Å². The normalized spacial score (nSPS) is 19.3. The van der Waals surface area contributed by atoms with E-state index in [1.165, 1.54) is 12.0 Å². The molecule has 2 aliphatic heterocycles. The van der Waals surface area contributed by atoms with E-state index in [1.54, 1.807) is 36.1 Å². The Labute approximate surface area is 174 Å². The Morgan fingerprint density at radius 3 is 2.57 bits per heavy atom. The van der Waals surface area contributed by atoms with Crippen molar-refractivity contribution in [2.45, 2.75) is 31.8 Å². The van der Waals surface area contributed by atoms with Gasteiger partial charge in [0.1, 0.15) is 6.61 Å². The summed E-state index contributed by atoms with van der Waals surface area (Å²) in [4.78, 5) is 51.8. The van der Waals surface area contributed by atoms with Gasteiger partial charge in [0.25, 0.3) is 0 Å². The lowest BCUT2D eigenvalue weighted by Gasteiger charge is -2.37. The van der Waals surface area contributed by atoms with Crippen molar-refractivity contribution in [3.8, 4) is 0 Å². The molecular formula is C20H25N3O7. The Bertz CT molecular complexity index is 820. The Balaban J connectivity index is 1.60. The van der Waals surface area contributed by atoms with Gasteiger partial charge in [-0.25, -0.2) is 19.2 Å². The predicted molar refractivity (Wildman–Crippen MR) is 105 cm³/mol. The Morgan fingerprint density at radius 1 is 1.20 bits per heavy atom. The van der Waals surface area contributed by atoms with Crippen LogP contribution in [0.15, 0.2) is 24.3 Å². The molecule has 0 aliphatic carbocycles. The highest BCUT2D eigenvalue weighted by molar-refractivity contribution is 6.00. The second-order valence-electron chi connectivity index (χ2n) is 6.94. The van der Waals surface area contributed by atoms with Crippen LogP contribution in [0.25, 0.3) is 0 Å². The quantitative estimate of drug-likeness (QED) is 0.572. The summed E-state index contributed by atoms with van der Waals surface area (Å²) in [5, 5.41) is 2.74. The number of hydrogen-bond acceptors (Lipinski definition) is 7. The number of likely N-dealkylation sites (tertiary alicyclic amines) is 1. The fraction of sp³-hybridized carbons (Fsp3) is 0.500. The number of benzene rings is 1. The minimum Gasteiger partial charge on any atom is -0.465 e. The highest BCUT2D eigenvalue weighted by Gasteiger charge is 2.44. The van der Waals surface area contributed by atoms with Gasteiger partial charge in [-0.3, -0.25) is 4.90 Å². The van der Waals surface area contributed by atoms with Crippen molar-refractivity contribution < 1.29 is 33.4 Å². The molecule has 1 N–H and O–H groups in total. The number of ether oxygens (including phenoxy) is 3. The Hall–Kier alpha value is -3.30. The number of carbonyl (C=O) groups is 4. The largest absolute Gasteiger partial charge is 0.465 e. The third-order valence-corrected chi connectivity index (χ3v) is 5.19. The minimum absolute atomic E-state index is 0.0251. The van der Waals surface area contributed by atoms with Crippen molar-refractivity contribution in [3.05, 3.63) is 29.8 Å². The van der Waals surface area contributed by atoms with E-state index in [0.29, 0.717) is 31.6 Å². The number of anilines is 1. The number of rotatable bonds is 5. The zero-order chi connectivity index (χ0) is 21.7. The highest BCUT2D eigenvalue weighted by Crippen LogP contribution is 2.25. The van der Waals surface area contributed by atoms with Crippen molar-refractivity contribution in [2.75, 3.05) is 38.7 Å². The van der Waals surface area contributed by atoms with Crippen molar-refractivity contribution >= 4 is 29.8 Å². The summed E-state index contributed by atoms with van der Waals surface area (Å²) in [5.74, 6) is -1.02. The van der Waals surface area contributed by atoms with Crippen LogP contribution in [0.2, 0.25) is 0 Å². The molecule has 3 rings (SSSR count). The molecule has 162 valence electrons. The van der Waals surface area contributed by atoms with Gasteiger partial charge in [0.05, 0.1) is 25.0 Å². The molecule has 10 nitrogen and oxygen atoms in total. The lowest BCUT2D eigenvalue weighted by Crippen LogP contribution is -2.52. The van der Waals surface area contributed by atoms with Gasteiger partial charge in [0, 0.05) is 19.1 Å². The number of piperidine rings is 1. The van der Waals surface area contributed by atoms with E-state index in [1.807, 2.05) is 0 Å². The molecule has 0 radical (unpaired) electrons. The van der Waals surface area contributed by atoms with E-state index in [9.17, 15) is 19.2 Å². The maximum atomic E-state index is 12.7. The van der Waals surface area contributed by atoms with Crippen LogP contribution in [0, 0.1) is 0 Å². The molecule has 1 aromatic carbocycles. The molecule has 3 amide bonds. The first-order chi connectivity index (χ1) is 14.5. The van der Waals surface area contributed by atoms with Gasteiger partial charge in [0.15, 0.2) is 6.04 Å². The van der Waals surface area contributed by atoms with Crippen LogP contribution in [0.4, 0.5) is 15.3 Å². The first-order valence-corrected chi connectivity index (χ1v) is 9.81. The van der Waals surface area contributed by atoms with E-state index < -0.39 is 24.1 Å². The van der Waals surface area contributed by atoms with Crippen molar-refractivity contribution in [3.63, 3.8) is 0 Å². The van der Waals surface area contributed by atoms with Gasteiger partial charge in [0.2, 0.25) is 0 Å². The summed E-state index contributed by atoms with van der Waals surface area (Å²) in [6.45, 7) is 2.67. The number of hydrogen-bond donors (Lipinski definition) is 1. The summed E-state index contributed by atoms with van der Waals surface area (Å²) in [6.07, 6.45) is 0.455. The van der Waals surface area contributed by atoms with Crippen LogP contribution in [-0.2, 0) is 19.0 Å². The molecule has 10 heteroatoms.